The second-order valence-electron chi connectivity index (χ2n) is 5.01. The Balaban J connectivity index is 2.51. The van der Waals surface area contributed by atoms with E-state index in [1.54, 1.807) is 13.0 Å². The van der Waals surface area contributed by atoms with Crippen molar-refractivity contribution in [3.05, 3.63) is 52.0 Å². The van der Waals surface area contributed by atoms with Crippen molar-refractivity contribution in [2.24, 2.45) is 0 Å². The number of hydrogen-bond acceptors (Lipinski definition) is 3. The number of aryl methyl sites for hydroxylation is 3. The van der Waals surface area contributed by atoms with Crippen LogP contribution in [0.4, 0.5) is 11.4 Å². The molecule has 112 valence electrons. The molecule has 0 radical (unpaired) electrons. The number of rotatable bonds is 3. The Morgan fingerprint density at radius 3 is 2.19 bits per heavy atom. The first-order valence-corrected chi connectivity index (χ1v) is 8.23. The van der Waals surface area contributed by atoms with E-state index < -0.39 is 10.0 Å². The Kier molecular flexibility index (Phi) is 4.16. The molecule has 3 N–H and O–H groups in total. The van der Waals surface area contributed by atoms with Crippen molar-refractivity contribution in [2.75, 3.05) is 10.5 Å². The third-order valence-electron chi connectivity index (χ3n) is 3.33. The average Bonchev–Trinajstić information content (AvgIpc) is 2.38. The number of sulfonamides is 1. The van der Waals surface area contributed by atoms with Gasteiger partial charge in [0.2, 0.25) is 0 Å². The first-order valence-electron chi connectivity index (χ1n) is 6.37. The van der Waals surface area contributed by atoms with Gasteiger partial charge >= 0.3 is 0 Å². The lowest BCUT2D eigenvalue weighted by Gasteiger charge is -2.15. The summed E-state index contributed by atoms with van der Waals surface area (Å²) in [6, 6.07) is 8.50. The van der Waals surface area contributed by atoms with E-state index in [-0.39, 0.29) is 9.92 Å². The van der Waals surface area contributed by atoms with Gasteiger partial charge in [0, 0.05) is 5.69 Å². The fourth-order valence-electron chi connectivity index (χ4n) is 2.04. The lowest BCUT2D eigenvalue weighted by molar-refractivity contribution is 0.601. The first kappa shape index (κ1) is 15.7. The molecule has 0 aliphatic rings. The van der Waals surface area contributed by atoms with Crippen LogP contribution < -0.4 is 10.5 Å². The molecule has 0 amide bonds. The van der Waals surface area contributed by atoms with Gasteiger partial charge in [0.1, 0.15) is 4.90 Å². The molecule has 2 aromatic carbocycles. The molecule has 2 aromatic rings. The van der Waals surface area contributed by atoms with E-state index >= 15 is 0 Å². The summed E-state index contributed by atoms with van der Waals surface area (Å²) in [5.74, 6) is 0. The quantitative estimate of drug-likeness (QED) is 0.846. The number of para-hydroxylation sites is 1. The fourth-order valence-corrected chi connectivity index (χ4v) is 3.86. The largest absolute Gasteiger partial charge is 0.398 e. The smallest absolute Gasteiger partial charge is 0.263 e. The van der Waals surface area contributed by atoms with Gasteiger partial charge in [0.25, 0.3) is 10.0 Å². The van der Waals surface area contributed by atoms with Crippen LogP contribution in [0.15, 0.2) is 35.2 Å². The van der Waals surface area contributed by atoms with Crippen LogP contribution in [0.1, 0.15) is 16.7 Å². The zero-order valence-electron chi connectivity index (χ0n) is 12.1. The van der Waals surface area contributed by atoms with Crippen LogP contribution in [0.5, 0.6) is 0 Å². The molecule has 21 heavy (non-hydrogen) atoms. The summed E-state index contributed by atoms with van der Waals surface area (Å²) in [5.41, 5.74) is 9.17. The van der Waals surface area contributed by atoms with Crippen molar-refractivity contribution < 1.29 is 8.42 Å². The second kappa shape index (κ2) is 5.58. The molecule has 0 saturated heterocycles. The molecule has 0 heterocycles. The summed E-state index contributed by atoms with van der Waals surface area (Å²) < 4.78 is 27.7. The maximum absolute atomic E-state index is 12.5. The van der Waals surface area contributed by atoms with E-state index in [0.717, 1.165) is 16.7 Å². The minimum Gasteiger partial charge on any atom is -0.398 e. The third-order valence-corrected chi connectivity index (χ3v) is 5.14. The Morgan fingerprint density at radius 1 is 1.05 bits per heavy atom. The predicted molar refractivity (Wildman–Crippen MR) is 87.3 cm³/mol. The Bertz CT molecular complexity index is 781. The van der Waals surface area contributed by atoms with Crippen LogP contribution in [0.3, 0.4) is 0 Å². The molecular formula is C15H17ClN2O2S. The van der Waals surface area contributed by atoms with E-state index in [1.807, 2.05) is 32.0 Å². The molecule has 0 spiro atoms. The van der Waals surface area contributed by atoms with Gasteiger partial charge in [0.15, 0.2) is 0 Å². The molecule has 0 saturated carbocycles. The van der Waals surface area contributed by atoms with E-state index in [1.165, 1.54) is 6.07 Å². The van der Waals surface area contributed by atoms with Crippen molar-refractivity contribution in [1.29, 1.82) is 0 Å². The first-order chi connectivity index (χ1) is 9.72. The molecule has 2 rings (SSSR count). The number of nitrogen functional groups attached to an aromatic ring is 1. The van der Waals surface area contributed by atoms with Gasteiger partial charge in [-0.15, -0.1) is 0 Å². The van der Waals surface area contributed by atoms with Gasteiger partial charge in [-0.2, -0.15) is 0 Å². The van der Waals surface area contributed by atoms with Crippen LogP contribution in [0.2, 0.25) is 5.02 Å². The van der Waals surface area contributed by atoms with Gasteiger partial charge in [-0.1, -0.05) is 29.8 Å². The van der Waals surface area contributed by atoms with Gasteiger partial charge in [0.05, 0.1) is 10.7 Å². The molecule has 0 aromatic heterocycles. The summed E-state index contributed by atoms with van der Waals surface area (Å²) >= 11 is 6.06. The molecule has 0 fully saturated rings. The zero-order chi connectivity index (χ0) is 15.8. The molecule has 0 bridgehead atoms. The highest BCUT2D eigenvalue weighted by Gasteiger charge is 2.20. The minimum atomic E-state index is -3.79. The Labute approximate surface area is 130 Å². The van der Waals surface area contributed by atoms with E-state index in [0.29, 0.717) is 11.4 Å². The molecule has 0 unspecified atom stereocenters. The van der Waals surface area contributed by atoms with Crippen molar-refractivity contribution in [3.63, 3.8) is 0 Å². The highest BCUT2D eigenvalue weighted by atomic mass is 35.5. The number of halogens is 1. The van der Waals surface area contributed by atoms with E-state index in [9.17, 15) is 8.42 Å². The summed E-state index contributed by atoms with van der Waals surface area (Å²) in [6.45, 7) is 5.46. The molecule has 0 aliphatic carbocycles. The zero-order valence-corrected chi connectivity index (χ0v) is 13.6. The van der Waals surface area contributed by atoms with Gasteiger partial charge in [-0.25, -0.2) is 8.42 Å². The molecule has 6 heteroatoms. The van der Waals surface area contributed by atoms with Gasteiger partial charge < -0.3 is 5.73 Å². The summed E-state index contributed by atoms with van der Waals surface area (Å²) in [4.78, 5) is -0.0186. The maximum Gasteiger partial charge on any atom is 0.263 e. The normalized spacial score (nSPS) is 11.4. The monoisotopic (exact) mass is 324 g/mol. The van der Waals surface area contributed by atoms with Crippen LogP contribution in [0.25, 0.3) is 0 Å². The standard InChI is InChI=1S/C15H17ClN2O2S/c1-9-5-4-6-10(2)15(9)18-21(19,20)14-8-13(17)11(3)7-12(14)16/h4-8,18H,17H2,1-3H3. The highest BCUT2D eigenvalue weighted by Crippen LogP contribution is 2.30. The van der Waals surface area contributed by atoms with Gasteiger partial charge in [-0.3, -0.25) is 4.72 Å². The highest BCUT2D eigenvalue weighted by molar-refractivity contribution is 7.92. The lowest BCUT2D eigenvalue weighted by atomic mass is 10.1. The number of nitrogens with one attached hydrogen (secondary N) is 1. The predicted octanol–water partition coefficient (Wildman–Crippen LogP) is 3.65. The molecule has 0 aliphatic heterocycles. The summed E-state index contributed by atoms with van der Waals surface area (Å²) in [6.07, 6.45) is 0. The number of nitrogens with two attached hydrogens (primary N) is 1. The summed E-state index contributed by atoms with van der Waals surface area (Å²) in [7, 11) is -3.79. The molecule has 4 nitrogen and oxygen atoms in total. The third kappa shape index (κ3) is 3.14. The average molecular weight is 325 g/mol. The second-order valence-corrected chi connectivity index (χ2v) is 7.07. The Hall–Kier alpha value is -1.72. The van der Waals surface area contributed by atoms with Crippen LogP contribution in [-0.2, 0) is 10.0 Å². The maximum atomic E-state index is 12.5. The van der Waals surface area contributed by atoms with Crippen LogP contribution in [-0.4, -0.2) is 8.42 Å². The fraction of sp³-hybridized carbons (Fsp3) is 0.200. The van der Waals surface area contributed by atoms with Crippen molar-refractivity contribution in [3.8, 4) is 0 Å². The Morgan fingerprint density at radius 2 is 1.62 bits per heavy atom. The molecule has 0 atom stereocenters. The number of hydrogen-bond donors (Lipinski definition) is 2. The van der Waals surface area contributed by atoms with Gasteiger partial charge in [-0.05, 0) is 49.6 Å². The topological polar surface area (TPSA) is 72.2 Å². The van der Waals surface area contributed by atoms with Crippen molar-refractivity contribution in [1.82, 2.24) is 0 Å². The SMILES string of the molecule is Cc1cc(Cl)c(S(=O)(=O)Nc2c(C)cccc2C)cc1N. The van der Waals surface area contributed by atoms with Crippen LogP contribution in [0, 0.1) is 20.8 Å². The minimum absolute atomic E-state index is 0.0186. The summed E-state index contributed by atoms with van der Waals surface area (Å²) in [5, 5.41) is 0.153. The lowest BCUT2D eigenvalue weighted by Crippen LogP contribution is -2.15. The number of benzene rings is 2. The van der Waals surface area contributed by atoms with E-state index in [4.69, 9.17) is 17.3 Å². The molecular weight excluding hydrogens is 308 g/mol. The van der Waals surface area contributed by atoms with Crippen molar-refractivity contribution in [2.45, 2.75) is 25.7 Å². The van der Waals surface area contributed by atoms with Crippen molar-refractivity contribution >= 4 is 33.0 Å². The van der Waals surface area contributed by atoms with E-state index in [2.05, 4.69) is 4.72 Å². The number of anilines is 2. The van der Waals surface area contributed by atoms with Crippen LogP contribution >= 0.6 is 11.6 Å².